The zero-order valence-corrected chi connectivity index (χ0v) is 16.1. The van der Waals surface area contributed by atoms with Gasteiger partial charge in [-0.3, -0.25) is 0 Å². The van der Waals surface area contributed by atoms with Gasteiger partial charge in [-0.25, -0.2) is 0 Å². The molecule has 2 aromatic rings. The minimum atomic E-state index is 0.489. The molecule has 0 aliphatic carbocycles. The van der Waals surface area contributed by atoms with Gasteiger partial charge < -0.3 is 10.2 Å². The van der Waals surface area contributed by atoms with E-state index in [4.69, 9.17) is 12.2 Å². The van der Waals surface area contributed by atoms with Crippen LogP contribution in [0.15, 0.2) is 54.6 Å². The maximum atomic E-state index is 5.69. The predicted molar refractivity (Wildman–Crippen MR) is 111 cm³/mol. The summed E-state index contributed by atoms with van der Waals surface area (Å²) in [5, 5.41) is 4.35. The van der Waals surface area contributed by atoms with Crippen LogP contribution in [0.2, 0.25) is 0 Å². The van der Waals surface area contributed by atoms with Crippen LogP contribution in [0.1, 0.15) is 43.7 Å². The van der Waals surface area contributed by atoms with Crippen LogP contribution in [-0.2, 0) is 6.42 Å². The van der Waals surface area contributed by atoms with Gasteiger partial charge in [0, 0.05) is 18.8 Å². The lowest BCUT2D eigenvalue weighted by Crippen LogP contribution is -2.41. The summed E-state index contributed by atoms with van der Waals surface area (Å²) in [6.45, 7) is 6.54. The summed E-state index contributed by atoms with van der Waals surface area (Å²) < 4.78 is 0. The molecule has 1 aliphatic heterocycles. The van der Waals surface area contributed by atoms with Gasteiger partial charge in [-0.2, -0.15) is 0 Å². The highest BCUT2D eigenvalue weighted by atomic mass is 32.1. The third-order valence-electron chi connectivity index (χ3n) is 5.09. The van der Waals surface area contributed by atoms with Crippen molar-refractivity contribution in [3.05, 3.63) is 65.7 Å². The van der Waals surface area contributed by atoms with Gasteiger partial charge in [0.15, 0.2) is 5.11 Å². The van der Waals surface area contributed by atoms with E-state index in [-0.39, 0.29) is 0 Å². The van der Waals surface area contributed by atoms with E-state index in [9.17, 15) is 0 Å². The van der Waals surface area contributed by atoms with Crippen molar-refractivity contribution in [3.8, 4) is 0 Å². The van der Waals surface area contributed by atoms with Crippen molar-refractivity contribution in [1.29, 1.82) is 0 Å². The van der Waals surface area contributed by atoms with Crippen molar-refractivity contribution < 1.29 is 0 Å². The van der Waals surface area contributed by atoms with Crippen molar-refractivity contribution in [2.24, 2.45) is 5.92 Å². The van der Waals surface area contributed by atoms with Crippen molar-refractivity contribution in [2.45, 2.75) is 39.0 Å². The van der Waals surface area contributed by atoms with Gasteiger partial charge in [0.05, 0.1) is 0 Å². The second-order valence-electron chi connectivity index (χ2n) is 7.29. The average molecular weight is 353 g/mol. The predicted octanol–water partition coefficient (Wildman–Crippen LogP) is 5.46. The average Bonchev–Trinajstić information content (AvgIpc) is 2.63. The summed E-state index contributed by atoms with van der Waals surface area (Å²) >= 11 is 5.69. The zero-order chi connectivity index (χ0) is 17.6. The Kier molecular flexibility index (Phi) is 6.09. The van der Waals surface area contributed by atoms with E-state index in [1.165, 1.54) is 30.4 Å². The van der Waals surface area contributed by atoms with Gasteiger partial charge in [0.1, 0.15) is 0 Å². The van der Waals surface area contributed by atoms with Crippen LogP contribution >= 0.6 is 12.2 Å². The monoisotopic (exact) mass is 352 g/mol. The van der Waals surface area contributed by atoms with Gasteiger partial charge in [-0.15, -0.1) is 0 Å². The molecule has 0 aromatic heterocycles. The first-order chi connectivity index (χ1) is 12.1. The molecule has 0 saturated carbocycles. The van der Waals surface area contributed by atoms with E-state index in [1.807, 2.05) is 0 Å². The minimum absolute atomic E-state index is 0.489. The van der Waals surface area contributed by atoms with Gasteiger partial charge in [-0.1, -0.05) is 62.4 Å². The molecular formula is C22H28N2S. The molecule has 3 rings (SSSR count). The Balaban J connectivity index is 1.54. The molecule has 132 valence electrons. The standard InChI is InChI=1S/C22H28N2S/c1-17(2)20-10-6-7-11-21(20)23-22(25)24-14-12-19(13-15-24)16-18-8-4-3-5-9-18/h3-11,17,19H,12-16H2,1-2H3,(H,23,25). The van der Waals surface area contributed by atoms with Crippen LogP contribution in [0, 0.1) is 5.92 Å². The van der Waals surface area contributed by atoms with Crippen molar-refractivity contribution in [1.82, 2.24) is 4.90 Å². The number of hydrogen-bond donors (Lipinski definition) is 1. The molecule has 0 bridgehead atoms. The molecule has 1 N–H and O–H groups in total. The first kappa shape index (κ1) is 17.9. The molecule has 1 heterocycles. The molecule has 0 unspecified atom stereocenters. The van der Waals surface area contributed by atoms with E-state index < -0.39 is 0 Å². The normalized spacial score (nSPS) is 15.4. The first-order valence-corrected chi connectivity index (χ1v) is 9.73. The fraction of sp³-hybridized carbons (Fsp3) is 0.409. The van der Waals surface area contributed by atoms with E-state index in [0.717, 1.165) is 29.8 Å². The summed E-state index contributed by atoms with van der Waals surface area (Å²) in [5.74, 6) is 1.26. The lowest BCUT2D eigenvalue weighted by molar-refractivity contribution is 0.268. The fourth-order valence-electron chi connectivity index (χ4n) is 3.60. The Morgan fingerprint density at radius 3 is 2.36 bits per heavy atom. The molecule has 1 aliphatic rings. The Bertz CT molecular complexity index is 688. The van der Waals surface area contributed by atoms with Crippen LogP contribution in [0.5, 0.6) is 0 Å². The zero-order valence-electron chi connectivity index (χ0n) is 15.2. The maximum Gasteiger partial charge on any atom is 0.173 e. The largest absolute Gasteiger partial charge is 0.349 e. The van der Waals surface area contributed by atoms with E-state index in [1.54, 1.807) is 0 Å². The lowest BCUT2D eigenvalue weighted by Gasteiger charge is -2.34. The van der Waals surface area contributed by atoms with E-state index >= 15 is 0 Å². The number of thiocarbonyl (C=S) groups is 1. The third-order valence-corrected chi connectivity index (χ3v) is 5.45. The van der Waals surface area contributed by atoms with Crippen molar-refractivity contribution >= 4 is 23.0 Å². The number of benzene rings is 2. The van der Waals surface area contributed by atoms with Crippen LogP contribution in [0.3, 0.4) is 0 Å². The molecule has 1 saturated heterocycles. The van der Waals surface area contributed by atoms with Gasteiger partial charge in [0.25, 0.3) is 0 Å². The number of rotatable bonds is 4. The van der Waals surface area contributed by atoms with Gasteiger partial charge in [-0.05, 0) is 60.5 Å². The molecular weight excluding hydrogens is 324 g/mol. The first-order valence-electron chi connectivity index (χ1n) is 9.32. The minimum Gasteiger partial charge on any atom is -0.349 e. The Morgan fingerprint density at radius 1 is 1.04 bits per heavy atom. The molecule has 2 aromatic carbocycles. The fourth-order valence-corrected chi connectivity index (χ4v) is 3.89. The lowest BCUT2D eigenvalue weighted by atomic mass is 9.90. The highest BCUT2D eigenvalue weighted by Gasteiger charge is 2.21. The number of piperidine rings is 1. The summed E-state index contributed by atoms with van der Waals surface area (Å²) in [6, 6.07) is 19.3. The number of para-hydroxylation sites is 1. The van der Waals surface area contributed by atoms with Crippen LogP contribution in [-0.4, -0.2) is 23.1 Å². The van der Waals surface area contributed by atoms with E-state index in [2.05, 4.69) is 78.7 Å². The van der Waals surface area contributed by atoms with Gasteiger partial charge >= 0.3 is 0 Å². The maximum absolute atomic E-state index is 5.69. The molecule has 25 heavy (non-hydrogen) atoms. The molecule has 3 heteroatoms. The van der Waals surface area contributed by atoms with Crippen LogP contribution in [0.4, 0.5) is 5.69 Å². The summed E-state index contributed by atoms with van der Waals surface area (Å²) in [4.78, 5) is 2.33. The Hall–Kier alpha value is -1.87. The summed E-state index contributed by atoms with van der Waals surface area (Å²) in [6.07, 6.45) is 3.61. The number of hydrogen-bond acceptors (Lipinski definition) is 1. The molecule has 0 amide bonds. The van der Waals surface area contributed by atoms with Crippen LogP contribution in [0.25, 0.3) is 0 Å². The summed E-state index contributed by atoms with van der Waals surface area (Å²) in [7, 11) is 0. The molecule has 0 atom stereocenters. The second-order valence-corrected chi connectivity index (χ2v) is 7.68. The Labute approximate surface area is 157 Å². The Morgan fingerprint density at radius 2 is 1.68 bits per heavy atom. The highest BCUT2D eigenvalue weighted by Crippen LogP contribution is 2.26. The number of nitrogens with zero attached hydrogens (tertiary/aromatic N) is 1. The molecule has 0 spiro atoms. The summed E-state index contributed by atoms with van der Waals surface area (Å²) in [5.41, 5.74) is 3.92. The molecule has 0 radical (unpaired) electrons. The molecule has 2 nitrogen and oxygen atoms in total. The third kappa shape index (κ3) is 4.82. The molecule has 1 fully saturated rings. The smallest absolute Gasteiger partial charge is 0.173 e. The van der Waals surface area contributed by atoms with Gasteiger partial charge in [0.2, 0.25) is 0 Å². The quantitative estimate of drug-likeness (QED) is 0.735. The number of likely N-dealkylation sites (tertiary alicyclic amines) is 1. The van der Waals surface area contributed by atoms with E-state index in [0.29, 0.717) is 5.92 Å². The SMILES string of the molecule is CC(C)c1ccccc1NC(=S)N1CCC(Cc2ccccc2)CC1. The second kappa shape index (κ2) is 8.48. The topological polar surface area (TPSA) is 15.3 Å². The van der Waals surface area contributed by atoms with Crippen LogP contribution < -0.4 is 5.32 Å². The van der Waals surface area contributed by atoms with Crippen molar-refractivity contribution in [2.75, 3.05) is 18.4 Å². The number of anilines is 1. The van der Waals surface area contributed by atoms with Crippen molar-refractivity contribution in [3.63, 3.8) is 0 Å². The number of nitrogens with one attached hydrogen (secondary N) is 1. The highest BCUT2D eigenvalue weighted by molar-refractivity contribution is 7.80.